The highest BCUT2D eigenvalue weighted by atomic mass is 35.5. The Labute approximate surface area is 172 Å². The van der Waals surface area contributed by atoms with Gasteiger partial charge >= 0.3 is 5.97 Å². The van der Waals surface area contributed by atoms with Crippen LogP contribution < -0.4 is 10.1 Å². The third-order valence-corrected chi connectivity index (χ3v) is 4.20. The van der Waals surface area contributed by atoms with Crippen LogP contribution in [0.15, 0.2) is 72.8 Å². The second-order valence-corrected chi connectivity index (χ2v) is 6.43. The van der Waals surface area contributed by atoms with E-state index in [0.717, 1.165) is 11.6 Å². The zero-order valence-corrected chi connectivity index (χ0v) is 16.0. The van der Waals surface area contributed by atoms with E-state index < -0.39 is 29.9 Å². The highest BCUT2D eigenvalue weighted by Gasteiger charge is 2.18. The predicted octanol–water partition coefficient (Wildman–Crippen LogP) is 4.85. The minimum Gasteiger partial charge on any atom is -0.489 e. The van der Waals surface area contributed by atoms with Gasteiger partial charge in [-0.25, -0.2) is 9.18 Å². The van der Waals surface area contributed by atoms with Crippen LogP contribution in [0.5, 0.6) is 5.75 Å². The van der Waals surface area contributed by atoms with Crippen LogP contribution in [0.3, 0.4) is 0 Å². The van der Waals surface area contributed by atoms with Crippen molar-refractivity contribution in [3.05, 3.63) is 94.8 Å². The molecule has 148 valence electrons. The van der Waals surface area contributed by atoms with E-state index in [1.165, 1.54) is 12.1 Å². The van der Waals surface area contributed by atoms with Gasteiger partial charge in [-0.1, -0.05) is 48.0 Å². The van der Waals surface area contributed by atoms with E-state index in [9.17, 15) is 14.0 Å². The number of rotatable bonds is 7. The molecule has 0 radical (unpaired) electrons. The summed E-state index contributed by atoms with van der Waals surface area (Å²) in [7, 11) is 0. The molecule has 3 aromatic carbocycles. The van der Waals surface area contributed by atoms with Crippen molar-refractivity contribution in [2.75, 3.05) is 11.9 Å². The molecule has 0 spiro atoms. The van der Waals surface area contributed by atoms with Gasteiger partial charge in [0.15, 0.2) is 6.61 Å². The molecule has 0 unspecified atom stereocenters. The van der Waals surface area contributed by atoms with Crippen LogP contribution in [0.4, 0.5) is 10.1 Å². The van der Waals surface area contributed by atoms with Crippen molar-refractivity contribution in [3.8, 4) is 5.75 Å². The van der Waals surface area contributed by atoms with Gasteiger partial charge in [-0.3, -0.25) is 4.79 Å². The van der Waals surface area contributed by atoms with E-state index in [4.69, 9.17) is 21.1 Å². The standard InChI is InChI=1S/C22H17ClFNO4/c23-18-7-4-8-19(24)21(18)22(27)29-14-20(26)25-16-9-11-17(12-10-16)28-13-15-5-2-1-3-6-15/h1-12H,13-14H2,(H,25,26). The topological polar surface area (TPSA) is 64.6 Å². The number of anilines is 1. The van der Waals surface area contributed by atoms with Gasteiger partial charge in [0.2, 0.25) is 0 Å². The number of nitrogens with one attached hydrogen (secondary N) is 1. The van der Waals surface area contributed by atoms with Crippen LogP contribution in [-0.2, 0) is 16.1 Å². The average molecular weight is 414 g/mol. The Balaban J connectivity index is 1.48. The molecule has 0 heterocycles. The molecule has 5 nitrogen and oxygen atoms in total. The molecule has 1 N–H and O–H groups in total. The van der Waals surface area contributed by atoms with Gasteiger partial charge in [0.1, 0.15) is 23.7 Å². The van der Waals surface area contributed by atoms with E-state index in [0.29, 0.717) is 18.0 Å². The second kappa shape index (κ2) is 9.71. The third kappa shape index (κ3) is 5.80. The Hall–Kier alpha value is -3.38. The summed E-state index contributed by atoms with van der Waals surface area (Å²) in [5.74, 6) is -1.74. The van der Waals surface area contributed by atoms with E-state index in [1.54, 1.807) is 24.3 Å². The van der Waals surface area contributed by atoms with Crippen molar-refractivity contribution in [1.29, 1.82) is 0 Å². The van der Waals surface area contributed by atoms with Crippen LogP contribution in [0.2, 0.25) is 5.02 Å². The Bertz CT molecular complexity index is 973. The fraction of sp³-hybridized carbons (Fsp3) is 0.0909. The number of benzene rings is 3. The number of amides is 1. The van der Waals surface area contributed by atoms with Crippen LogP contribution >= 0.6 is 11.6 Å². The average Bonchev–Trinajstić information content (AvgIpc) is 2.72. The number of esters is 1. The first kappa shape index (κ1) is 20.4. The highest BCUT2D eigenvalue weighted by molar-refractivity contribution is 6.33. The molecule has 0 fully saturated rings. The largest absolute Gasteiger partial charge is 0.489 e. The molecule has 0 saturated carbocycles. The summed E-state index contributed by atoms with van der Waals surface area (Å²) in [6, 6.07) is 20.3. The van der Waals surface area contributed by atoms with Crippen molar-refractivity contribution in [3.63, 3.8) is 0 Å². The van der Waals surface area contributed by atoms with Gasteiger partial charge in [-0.05, 0) is 42.0 Å². The third-order valence-electron chi connectivity index (χ3n) is 3.89. The number of hydrogen-bond donors (Lipinski definition) is 1. The van der Waals surface area contributed by atoms with Crippen LogP contribution in [0.25, 0.3) is 0 Å². The normalized spacial score (nSPS) is 10.3. The van der Waals surface area contributed by atoms with Crippen molar-refractivity contribution in [1.82, 2.24) is 0 Å². The molecule has 3 aromatic rings. The summed E-state index contributed by atoms with van der Waals surface area (Å²) in [5, 5.41) is 2.50. The molecule has 0 aliphatic rings. The van der Waals surface area contributed by atoms with Crippen molar-refractivity contribution in [2.24, 2.45) is 0 Å². The molecule has 0 bridgehead atoms. The molecule has 0 aromatic heterocycles. The van der Waals surface area contributed by atoms with Gasteiger partial charge in [0, 0.05) is 5.69 Å². The second-order valence-electron chi connectivity index (χ2n) is 6.02. The molecule has 0 atom stereocenters. The lowest BCUT2D eigenvalue weighted by Gasteiger charge is -2.09. The zero-order chi connectivity index (χ0) is 20.6. The molecular formula is C22H17ClFNO4. The molecule has 0 aliphatic heterocycles. The van der Waals surface area contributed by atoms with Crippen molar-refractivity contribution < 1.29 is 23.5 Å². The van der Waals surface area contributed by atoms with Gasteiger partial charge < -0.3 is 14.8 Å². The monoisotopic (exact) mass is 413 g/mol. The summed E-state index contributed by atoms with van der Waals surface area (Å²) >= 11 is 5.80. The predicted molar refractivity (Wildman–Crippen MR) is 108 cm³/mol. The lowest BCUT2D eigenvalue weighted by Crippen LogP contribution is -2.21. The molecule has 0 aliphatic carbocycles. The Morgan fingerprint density at radius 2 is 1.66 bits per heavy atom. The first-order valence-corrected chi connectivity index (χ1v) is 9.08. The van der Waals surface area contributed by atoms with Gasteiger partial charge in [-0.2, -0.15) is 0 Å². The van der Waals surface area contributed by atoms with Crippen molar-refractivity contribution >= 4 is 29.2 Å². The van der Waals surface area contributed by atoms with E-state index >= 15 is 0 Å². The van der Waals surface area contributed by atoms with Crippen molar-refractivity contribution in [2.45, 2.75) is 6.61 Å². The summed E-state index contributed by atoms with van der Waals surface area (Å²) in [6.07, 6.45) is 0. The van der Waals surface area contributed by atoms with Crippen LogP contribution in [0, 0.1) is 5.82 Å². The molecule has 29 heavy (non-hydrogen) atoms. The minimum absolute atomic E-state index is 0.0819. The summed E-state index contributed by atoms with van der Waals surface area (Å²) < 4.78 is 24.2. The lowest BCUT2D eigenvalue weighted by molar-refractivity contribution is -0.119. The number of carbonyl (C=O) groups is 2. The number of hydrogen-bond acceptors (Lipinski definition) is 4. The quantitative estimate of drug-likeness (QED) is 0.562. The molecule has 3 rings (SSSR count). The first-order valence-electron chi connectivity index (χ1n) is 8.70. The smallest absolute Gasteiger partial charge is 0.343 e. The zero-order valence-electron chi connectivity index (χ0n) is 15.2. The van der Waals surface area contributed by atoms with Crippen LogP contribution in [0.1, 0.15) is 15.9 Å². The lowest BCUT2D eigenvalue weighted by atomic mass is 10.2. The molecular weight excluding hydrogens is 397 g/mol. The molecule has 7 heteroatoms. The van der Waals surface area contributed by atoms with Gasteiger partial charge in [0.05, 0.1) is 5.02 Å². The summed E-state index contributed by atoms with van der Waals surface area (Å²) in [4.78, 5) is 23.9. The Kier molecular flexibility index (Phi) is 6.81. The number of halogens is 2. The maximum absolute atomic E-state index is 13.7. The summed E-state index contributed by atoms with van der Waals surface area (Å²) in [5.41, 5.74) is 1.14. The van der Waals surface area contributed by atoms with E-state index in [1.807, 2.05) is 30.3 Å². The number of carbonyl (C=O) groups excluding carboxylic acids is 2. The van der Waals surface area contributed by atoms with E-state index in [-0.39, 0.29) is 5.02 Å². The molecule has 1 amide bonds. The van der Waals surface area contributed by atoms with Crippen LogP contribution in [-0.4, -0.2) is 18.5 Å². The van der Waals surface area contributed by atoms with E-state index in [2.05, 4.69) is 5.32 Å². The fourth-order valence-corrected chi connectivity index (χ4v) is 2.71. The van der Waals surface area contributed by atoms with Gasteiger partial charge in [0.25, 0.3) is 5.91 Å². The Morgan fingerprint density at radius 1 is 0.931 bits per heavy atom. The Morgan fingerprint density at radius 3 is 2.34 bits per heavy atom. The minimum atomic E-state index is -1.01. The summed E-state index contributed by atoms with van der Waals surface area (Å²) in [6.45, 7) is -0.142. The molecule has 0 saturated heterocycles. The number of ether oxygens (including phenoxy) is 2. The maximum atomic E-state index is 13.7. The first-order chi connectivity index (χ1) is 14.0. The van der Waals surface area contributed by atoms with Gasteiger partial charge in [-0.15, -0.1) is 0 Å². The SMILES string of the molecule is O=C(COC(=O)c1c(F)cccc1Cl)Nc1ccc(OCc2ccccc2)cc1. The maximum Gasteiger partial charge on any atom is 0.343 e. The fourth-order valence-electron chi connectivity index (χ4n) is 2.47. The highest BCUT2D eigenvalue weighted by Crippen LogP contribution is 2.20.